The molecule has 5 heteroatoms. The zero-order valence-corrected chi connectivity index (χ0v) is 11.0. The van der Waals surface area contributed by atoms with Crippen LogP contribution in [0.15, 0.2) is 11.4 Å². The summed E-state index contributed by atoms with van der Waals surface area (Å²) in [5.41, 5.74) is 2.10. The summed E-state index contributed by atoms with van der Waals surface area (Å²) in [5.74, 6) is -0.0841. The van der Waals surface area contributed by atoms with Crippen molar-refractivity contribution in [2.45, 2.75) is 20.8 Å². The molecular formula is C11H12N2OS2. The maximum atomic E-state index is 10.9. The van der Waals surface area contributed by atoms with Gasteiger partial charge in [0.05, 0.1) is 5.69 Å². The normalized spacial score (nSPS) is 10.4. The molecular weight excluding hydrogens is 240 g/mol. The lowest BCUT2D eigenvalue weighted by Gasteiger charge is -1.94. The fourth-order valence-corrected chi connectivity index (χ4v) is 3.18. The van der Waals surface area contributed by atoms with Gasteiger partial charge in [-0.2, -0.15) is 0 Å². The predicted octanol–water partition coefficient (Wildman–Crippen LogP) is 3.45. The van der Waals surface area contributed by atoms with E-state index in [1.807, 2.05) is 5.38 Å². The first-order valence-electron chi connectivity index (χ1n) is 4.87. The average molecular weight is 252 g/mol. The Balaban J connectivity index is 2.31. The first kappa shape index (κ1) is 11.3. The SMILES string of the molecule is CC(=O)Nc1nc(-c2cc(C)sc2C)cs1. The van der Waals surface area contributed by atoms with Crippen LogP contribution in [0.3, 0.4) is 0 Å². The van der Waals surface area contributed by atoms with E-state index in [1.54, 1.807) is 11.3 Å². The number of carbonyl (C=O) groups is 1. The summed E-state index contributed by atoms with van der Waals surface area (Å²) >= 11 is 3.22. The summed E-state index contributed by atoms with van der Waals surface area (Å²) in [6, 6.07) is 2.13. The van der Waals surface area contributed by atoms with Crippen molar-refractivity contribution in [1.29, 1.82) is 0 Å². The van der Waals surface area contributed by atoms with Crippen LogP contribution >= 0.6 is 22.7 Å². The zero-order valence-electron chi connectivity index (χ0n) is 9.33. The molecule has 0 atom stereocenters. The highest BCUT2D eigenvalue weighted by Gasteiger charge is 2.10. The molecule has 0 aliphatic rings. The molecule has 0 aliphatic carbocycles. The third kappa shape index (κ3) is 2.31. The lowest BCUT2D eigenvalue weighted by atomic mass is 10.2. The lowest BCUT2D eigenvalue weighted by molar-refractivity contribution is -0.114. The van der Waals surface area contributed by atoms with Crippen LogP contribution < -0.4 is 5.32 Å². The van der Waals surface area contributed by atoms with Crippen LogP contribution in [0.2, 0.25) is 0 Å². The van der Waals surface area contributed by atoms with Crippen molar-refractivity contribution in [3.8, 4) is 11.3 Å². The molecule has 1 amide bonds. The van der Waals surface area contributed by atoms with E-state index in [0.717, 1.165) is 11.3 Å². The largest absolute Gasteiger partial charge is 0.302 e. The van der Waals surface area contributed by atoms with Gasteiger partial charge in [0.15, 0.2) is 5.13 Å². The van der Waals surface area contributed by atoms with Crippen LogP contribution in [0.4, 0.5) is 5.13 Å². The smallest absolute Gasteiger partial charge is 0.223 e. The minimum Gasteiger partial charge on any atom is -0.302 e. The first-order valence-corrected chi connectivity index (χ1v) is 6.56. The van der Waals surface area contributed by atoms with Crippen LogP contribution in [-0.4, -0.2) is 10.9 Å². The Morgan fingerprint density at radius 2 is 2.19 bits per heavy atom. The second-order valence-corrected chi connectivity index (χ2v) is 5.86. The summed E-state index contributed by atoms with van der Waals surface area (Å²) in [7, 11) is 0. The number of aromatic nitrogens is 1. The molecule has 2 rings (SSSR count). The van der Waals surface area contributed by atoms with Crippen LogP contribution in [0, 0.1) is 13.8 Å². The van der Waals surface area contributed by atoms with Gasteiger partial charge in [0.25, 0.3) is 0 Å². The molecule has 0 fully saturated rings. The molecule has 0 saturated heterocycles. The van der Waals surface area contributed by atoms with Gasteiger partial charge in [-0.1, -0.05) is 0 Å². The second-order valence-electron chi connectivity index (χ2n) is 3.55. The Bertz CT molecular complexity index is 528. The van der Waals surface area contributed by atoms with Crippen LogP contribution in [-0.2, 0) is 4.79 Å². The van der Waals surface area contributed by atoms with Crippen molar-refractivity contribution in [3.63, 3.8) is 0 Å². The molecule has 0 aliphatic heterocycles. The van der Waals surface area contributed by atoms with Crippen LogP contribution in [0.5, 0.6) is 0 Å². The number of nitrogens with one attached hydrogen (secondary N) is 1. The zero-order chi connectivity index (χ0) is 11.7. The summed E-state index contributed by atoms with van der Waals surface area (Å²) in [4.78, 5) is 17.8. The lowest BCUT2D eigenvalue weighted by Crippen LogP contribution is -2.04. The number of thiophene rings is 1. The van der Waals surface area contributed by atoms with Gasteiger partial charge in [0.2, 0.25) is 5.91 Å². The minimum absolute atomic E-state index is 0.0841. The van der Waals surface area contributed by atoms with E-state index in [1.165, 1.54) is 28.0 Å². The number of thiazole rings is 1. The molecule has 84 valence electrons. The fourth-order valence-electron chi connectivity index (χ4n) is 1.49. The van der Waals surface area contributed by atoms with Gasteiger partial charge in [-0.3, -0.25) is 4.79 Å². The molecule has 2 aromatic heterocycles. The number of hydrogen-bond donors (Lipinski definition) is 1. The van der Waals surface area contributed by atoms with E-state index in [4.69, 9.17) is 0 Å². The van der Waals surface area contributed by atoms with Crippen LogP contribution in [0.1, 0.15) is 16.7 Å². The highest BCUT2D eigenvalue weighted by atomic mass is 32.1. The third-order valence-corrected chi connectivity index (χ3v) is 3.83. The second kappa shape index (κ2) is 4.35. The maximum absolute atomic E-state index is 10.9. The Morgan fingerprint density at radius 3 is 2.75 bits per heavy atom. The molecule has 16 heavy (non-hydrogen) atoms. The fraction of sp³-hybridized carbons (Fsp3) is 0.273. The van der Waals surface area contributed by atoms with Gasteiger partial charge in [-0.25, -0.2) is 4.98 Å². The molecule has 0 aromatic carbocycles. The number of anilines is 1. The molecule has 3 nitrogen and oxygen atoms in total. The van der Waals surface area contributed by atoms with Gasteiger partial charge < -0.3 is 5.32 Å². The molecule has 0 unspecified atom stereocenters. The molecule has 1 N–H and O–H groups in total. The number of rotatable bonds is 2. The number of nitrogens with zero attached hydrogens (tertiary/aromatic N) is 1. The summed E-state index contributed by atoms with van der Waals surface area (Å²) in [6.07, 6.45) is 0. The number of hydrogen-bond acceptors (Lipinski definition) is 4. The summed E-state index contributed by atoms with van der Waals surface area (Å²) in [6.45, 7) is 5.66. The predicted molar refractivity (Wildman–Crippen MR) is 69.2 cm³/mol. The Morgan fingerprint density at radius 1 is 1.44 bits per heavy atom. The van der Waals surface area contributed by atoms with E-state index >= 15 is 0 Å². The van der Waals surface area contributed by atoms with Gasteiger partial charge in [-0.05, 0) is 19.9 Å². The number of carbonyl (C=O) groups excluding carboxylic acids is 1. The monoisotopic (exact) mass is 252 g/mol. The van der Waals surface area contributed by atoms with Crippen molar-refractivity contribution in [2.24, 2.45) is 0 Å². The molecule has 0 spiro atoms. The van der Waals surface area contributed by atoms with Gasteiger partial charge >= 0.3 is 0 Å². The Hall–Kier alpha value is -1.20. The third-order valence-electron chi connectivity index (χ3n) is 2.10. The van der Waals surface area contributed by atoms with E-state index < -0.39 is 0 Å². The summed E-state index contributed by atoms with van der Waals surface area (Å²) < 4.78 is 0. The molecule has 0 saturated carbocycles. The van der Waals surface area contributed by atoms with Gasteiger partial charge in [0, 0.05) is 27.6 Å². The minimum atomic E-state index is -0.0841. The highest BCUT2D eigenvalue weighted by Crippen LogP contribution is 2.32. The molecule has 0 radical (unpaired) electrons. The van der Waals surface area contributed by atoms with Crippen molar-refractivity contribution in [1.82, 2.24) is 4.98 Å². The molecule has 2 aromatic rings. The number of aryl methyl sites for hydroxylation is 2. The van der Waals surface area contributed by atoms with Crippen molar-refractivity contribution in [2.75, 3.05) is 5.32 Å². The molecule has 2 heterocycles. The van der Waals surface area contributed by atoms with E-state index in [-0.39, 0.29) is 5.91 Å². The van der Waals surface area contributed by atoms with E-state index in [9.17, 15) is 4.79 Å². The summed E-state index contributed by atoms with van der Waals surface area (Å²) in [5, 5.41) is 5.32. The Labute approximate surface area is 102 Å². The quantitative estimate of drug-likeness (QED) is 0.889. The standard InChI is InChI=1S/C11H12N2OS2/c1-6-4-9(7(2)16-6)10-5-15-11(13-10)12-8(3)14/h4-5H,1-3H3,(H,12,13,14). The van der Waals surface area contributed by atoms with Crippen LogP contribution in [0.25, 0.3) is 11.3 Å². The number of amides is 1. The maximum Gasteiger partial charge on any atom is 0.223 e. The highest BCUT2D eigenvalue weighted by molar-refractivity contribution is 7.14. The average Bonchev–Trinajstić information content (AvgIpc) is 2.72. The van der Waals surface area contributed by atoms with E-state index in [2.05, 4.69) is 30.2 Å². The molecule has 0 bridgehead atoms. The first-order chi connectivity index (χ1) is 7.56. The van der Waals surface area contributed by atoms with Crippen molar-refractivity contribution in [3.05, 3.63) is 21.2 Å². The van der Waals surface area contributed by atoms with Gasteiger partial charge in [0.1, 0.15) is 0 Å². The van der Waals surface area contributed by atoms with Crippen molar-refractivity contribution >= 4 is 33.7 Å². The Kier molecular flexibility index (Phi) is 3.07. The van der Waals surface area contributed by atoms with Crippen molar-refractivity contribution < 1.29 is 4.79 Å². The topological polar surface area (TPSA) is 42.0 Å². The van der Waals surface area contributed by atoms with Gasteiger partial charge in [-0.15, -0.1) is 22.7 Å². The van der Waals surface area contributed by atoms with E-state index in [0.29, 0.717) is 5.13 Å².